The van der Waals surface area contributed by atoms with Crippen molar-refractivity contribution in [2.45, 2.75) is 25.8 Å². The molecule has 5 nitrogen and oxygen atoms in total. The summed E-state index contributed by atoms with van der Waals surface area (Å²) in [5.41, 5.74) is 3.32. The van der Waals surface area contributed by atoms with Crippen molar-refractivity contribution in [3.8, 4) is 0 Å². The predicted octanol–water partition coefficient (Wildman–Crippen LogP) is 3.80. The molecule has 0 spiro atoms. The molecule has 1 fully saturated rings. The Kier molecular flexibility index (Phi) is 5.65. The minimum absolute atomic E-state index is 0.194. The Balaban J connectivity index is 1.50. The molecule has 0 N–H and O–H groups in total. The van der Waals surface area contributed by atoms with E-state index in [0.29, 0.717) is 6.04 Å². The third-order valence-electron chi connectivity index (χ3n) is 5.98. The molecule has 1 amide bonds. The highest BCUT2D eigenvalue weighted by molar-refractivity contribution is 6.30. The monoisotopic (exact) mass is 400 g/mol. The molecule has 0 saturated carbocycles. The van der Waals surface area contributed by atoms with Crippen molar-refractivity contribution in [3.63, 3.8) is 0 Å². The number of aryl methyl sites for hydroxylation is 1. The average molecular weight is 401 g/mol. The van der Waals surface area contributed by atoms with Gasteiger partial charge in [0.1, 0.15) is 0 Å². The topological polar surface area (TPSA) is 31.7 Å². The van der Waals surface area contributed by atoms with Gasteiger partial charge in [0.2, 0.25) is 0 Å². The van der Waals surface area contributed by atoms with Crippen LogP contribution in [0.25, 0.3) is 0 Å². The van der Waals surface area contributed by atoms with Crippen molar-refractivity contribution in [1.82, 2.24) is 14.4 Å². The summed E-state index contributed by atoms with van der Waals surface area (Å²) in [5, 5.41) is 0.777. The molecule has 0 bridgehead atoms. The molecule has 28 heavy (non-hydrogen) atoms. The van der Waals surface area contributed by atoms with Crippen molar-refractivity contribution in [2.75, 3.05) is 44.2 Å². The predicted molar refractivity (Wildman–Crippen MR) is 114 cm³/mol. The quantitative estimate of drug-likeness (QED) is 0.782. The Labute approximate surface area is 172 Å². The summed E-state index contributed by atoms with van der Waals surface area (Å²) in [5.74, 6) is 0.194. The maximum absolute atomic E-state index is 13.0. The number of carbonyl (C=O) groups excluding carboxylic acids is 1. The third kappa shape index (κ3) is 3.78. The van der Waals surface area contributed by atoms with Crippen LogP contribution in [0.2, 0.25) is 5.02 Å². The number of nitrogens with zero attached hydrogens (tertiary/aromatic N) is 4. The molecule has 2 aromatic rings. The van der Waals surface area contributed by atoms with Gasteiger partial charge in [-0.15, -0.1) is 0 Å². The van der Waals surface area contributed by atoms with E-state index in [0.717, 1.165) is 62.7 Å². The molecule has 1 aromatic heterocycles. The molecule has 1 unspecified atom stereocenters. The molecule has 1 atom stereocenters. The molecule has 0 aliphatic carbocycles. The molecule has 2 aliphatic heterocycles. The molecular formula is C22H29ClN4O. The van der Waals surface area contributed by atoms with Gasteiger partial charge in [-0.05, 0) is 42.7 Å². The second kappa shape index (κ2) is 8.18. The highest BCUT2D eigenvalue weighted by Crippen LogP contribution is 2.33. The molecule has 1 aromatic carbocycles. The normalized spacial score (nSPS) is 21.0. The van der Waals surface area contributed by atoms with E-state index in [1.54, 1.807) is 0 Å². The number of anilines is 1. The number of carbonyl (C=O) groups is 1. The van der Waals surface area contributed by atoms with Gasteiger partial charge in [-0.25, -0.2) is 0 Å². The Morgan fingerprint density at radius 1 is 1.04 bits per heavy atom. The first-order chi connectivity index (χ1) is 13.6. The van der Waals surface area contributed by atoms with Crippen LogP contribution in [0.4, 0.5) is 5.69 Å². The summed E-state index contributed by atoms with van der Waals surface area (Å²) in [4.78, 5) is 20.0. The zero-order valence-corrected chi connectivity index (χ0v) is 17.5. The van der Waals surface area contributed by atoms with Crippen LogP contribution in [0.5, 0.6) is 0 Å². The van der Waals surface area contributed by atoms with Gasteiger partial charge in [0.25, 0.3) is 5.91 Å². The fraction of sp³-hybridized carbons (Fsp3) is 0.500. The summed E-state index contributed by atoms with van der Waals surface area (Å²) in [6, 6.07) is 8.42. The van der Waals surface area contributed by atoms with E-state index in [1.165, 1.54) is 11.3 Å². The van der Waals surface area contributed by atoms with E-state index in [-0.39, 0.29) is 5.91 Å². The summed E-state index contributed by atoms with van der Waals surface area (Å²) < 4.78 is 2.04. The number of benzene rings is 1. The SMILES string of the molecule is CCCN1CCC(N2CCN(c3ccc(Cl)cc3)CC2)c2cn(C)cc2C1=O. The second-order valence-electron chi connectivity index (χ2n) is 7.89. The van der Waals surface area contributed by atoms with Crippen molar-refractivity contribution in [3.05, 3.63) is 52.8 Å². The van der Waals surface area contributed by atoms with Crippen LogP contribution >= 0.6 is 11.6 Å². The number of hydrogen-bond donors (Lipinski definition) is 0. The molecule has 2 aliphatic rings. The van der Waals surface area contributed by atoms with Crippen molar-refractivity contribution in [1.29, 1.82) is 0 Å². The standard InChI is InChI=1S/C22H29ClN4O/c1-3-9-27-10-8-21(19-15-24(2)16-20(19)22(27)28)26-13-11-25(12-14-26)18-6-4-17(23)5-7-18/h4-7,15-16,21H,3,8-14H2,1-2H3. The van der Waals surface area contributed by atoms with Gasteiger partial charge in [-0.3, -0.25) is 9.69 Å². The molecule has 4 rings (SSSR count). The van der Waals surface area contributed by atoms with Crippen LogP contribution in [0.1, 0.15) is 41.7 Å². The maximum Gasteiger partial charge on any atom is 0.255 e. The smallest absolute Gasteiger partial charge is 0.255 e. The number of rotatable bonds is 4. The number of aromatic nitrogens is 1. The zero-order chi connectivity index (χ0) is 19.7. The van der Waals surface area contributed by atoms with Gasteiger partial charge >= 0.3 is 0 Å². The molecular weight excluding hydrogens is 372 g/mol. The maximum atomic E-state index is 13.0. The molecule has 3 heterocycles. The summed E-state index contributed by atoms with van der Waals surface area (Å²) in [6.45, 7) is 7.81. The zero-order valence-electron chi connectivity index (χ0n) is 16.8. The van der Waals surface area contributed by atoms with E-state index in [2.05, 4.69) is 35.1 Å². The number of halogens is 1. The number of amides is 1. The lowest BCUT2D eigenvalue weighted by Gasteiger charge is -2.40. The van der Waals surface area contributed by atoms with Gasteiger partial charge in [0.15, 0.2) is 0 Å². The van der Waals surface area contributed by atoms with Crippen LogP contribution < -0.4 is 4.90 Å². The Morgan fingerprint density at radius 3 is 2.43 bits per heavy atom. The average Bonchev–Trinajstić information content (AvgIpc) is 3.04. The van der Waals surface area contributed by atoms with Crippen molar-refractivity contribution >= 4 is 23.2 Å². The van der Waals surface area contributed by atoms with Gasteiger partial charge in [0, 0.05) is 75.5 Å². The Bertz CT molecular complexity index is 824. The van der Waals surface area contributed by atoms with Gasteiger partial charge in [-0.2, -0.15) is 0 Å². The second-order valence-corrected chi connectivity index (χ2v) is 8.33. The summed E-state index contributed by atoms with van der Waals surface area (Å²) in [6.07, 6.45) is 6.16. The summed E-state index contributed by atoms with van der Waals surface area (Å²) >= 11 is 6.03. The van der Waals surface area contributed by atoms with E-state index in [4.69, 9.17) is 11.6 Å². The van der Waals surface area contributed by atoms with Crippen LogP contribution in [0, 0.1) is 0 Å². The molecule has 150 valence electrons. The molecule has 1 saturated heterocycles. The Hall–Kier alpha value is -1.98. The van der Waals surface area contributed by atoms with Crippen LogP contribution in [0.3, 0.4) is 0 Å². The first-order valence-electron chi connectivity index (χ1n) is 10.3. The van der Waals surface area contributed by atoms with Crippen LogP contribution in [-0.2, 0) is 7.05 Å². The lowest BCUT2D eigenvalue weighted by atomic mass is 10.0. The van der Waals surface area contributed by atoms with Gasteiger partial charge in [-0.1, -0.05) is 18.5 Å². The first-order valence-corrected chi connectivity index (χ1v) is 10.6. The lowest BCUT2D eigenvalue weighted by Crippen LogP contribution is -2.48. The molecule has 6 heteroatoms. The third-order valence-corrected chi connectivity index (χ3v) is 6.23. The van der Waals surface area contributed by atoms with E-state index < -0.39 is 0 Å². The molecule has 0 radical (unpaired) electrons. The first kappa shape index (κ1) is 19.3. The lowest BCUT2D eigenvalue weighted by molar-refractivity contribution is 0.0751. The number of hydrogen-bond acceptors (Lipinski definition) is 3. The highest BCUT2D eigenvalue weighted by atomic mass is 35.5. The van der Waals surface area contributed by atoms with Crippen molar-refractivity contribution in [2.24, 2.45) is 7.05 Å². The van der Waals surface area contributed by atoms with E-state index >= 15 is 0 Å². The van der Waals surface area contributed by atoms with E-state index in [1.807, 2.05) is 34.8 Å². The van der Waals surface area contributed by atoms with Crippen molar-refractivity contribution < 1.29 is 4.79 Å². The Morgan fingerprint density at radius 2 is 1.75 bits per heavy atom. The fourth-order valence-electron chi connectivity index (χ4n) is 4.56. The number of fused-ring (bicyclic) bond motifs is 1. The minimum atomic E-state index is 0.194. The minimum Gasteiger partial charge on any atom is -0.369 e. The van der Waals surface area contributed by atoms with E-state index in [9.17, 15) is 4.79 Å². The van der Waals surface area contributed by atoms with Crippen LogP contribution in [0.15, 0.2) is 36.7 Å². The highest BCUT2D eigenvalue weighted by Gasteiger charge is 2.33. The summed E-state index contributed by atoms with van der Waals surface area (Å²) in [7, 11) is 2.02. The largest absolute Gasteiger partial charge is 0.369 e. The number of piperazine rings is 1. The fourth-order valence-corrected chi connectivity index (χ4v) is 4.69. The van der Waals surface area contributed by atoms with Gasteiger partial charge < -0.3 is 14.4 Å². The van der Waals surface area contributed by atoms with Crippen LogP contribution in [-0.4, -0.2) is 59.5 Å². The van der Waals surface area contributed by atoms with Gasteiger partial charge in [0.05, 0.1) is 5.56 Å².